The summed E-state index contributed by atoms with van der Waals surface area (Å²) in [6.07, 6.45) is 0. The Morgan fingerprint density at radius 1 is 1.25 bits per heavy atom. The first-order chi connectivity index (χ1) is 9.40. The molecule has 0 saturated heterocycles. The highest BCUT2D eigenvalue weighted by molar-refractivity contribution is 9.10. The lowest BCUT2D eigenvalue weighted by Crippen LogP contribution is -2.01. The molecule has 20 heavy (non-hydrogen) atoms. The fourth-order valence-corrected chi connectivity index (χ4v) is 2.52. The number of halogens is 2. The van der Waals surface area contributed by atoms with E-state index in [1.807, 2.05) is 13.8 Å². The number of aryl methyl sites for hydroxylation is 2. The third-order valence-corrected chi connectivity index (χ3v) is 4.08. The van der Waals surface area contributed by atoms with Gasteiger partial charge in [0.1, 0.15) is 17.1 Å². The molecule has 1 N–H and O–H groups in total. The molecule has 0 amide bonds. The molecule has 0 radical (unpaired) electrons. The number of carboxylic acids is 1. The highest BCUT2D eigenvalue weighted by Crippen LogP contribution is 2.33. The summed E-state index contributed by atoms with van der Waals surface area (Å²) in [5.74, 6) is -0.201. The lowest BCUT2D eigenvalue weighted by atomic mass is 10.1. The Balaban J connectivity index is 2.45. The van der Waals surface area contributed by atoms with Crippen LogP contribution in [0.1, 0.15) is 21.5 Å². The average Bonchev–Trinajstić information content (AvgIpc) is 2.35. The van der Waals surface area contributed by atoms with Crippen LogP contribution in [0.15, 0.2) is 34.8 Å². The number of benzene rings is 2. The first-order valence-corrected chi connectivity index (χ1v) is 7.03. The van der Waals surface area contributed by atoms with Crippen molar-refractivity contribution in [3.05, 3.63) is 56.5 Å². The van der Waals surface area contributed by atoms with Crippen molar-refractivity contribution in [3.63, 3.8) is 0 Å². The molecule has 2 rings (SSSR count). The predicted molar refractivity (Wildman–Crippen MR) is 82.1 cm³/mol. The smallest absolute Gasteiger partial charge is 0.340 e. The van der Waals surface area contributed by atoms with Gasteiger partial charge in [0.15, 0.2) is 0 Å². The van der Waals surface area contributed by atoms with E-state index in [0.717, 1.165) is 11.1 Å². The predicted octanol–water partition coefficient (Wildman–Crippen LogP) is 5.21. The molecule has 2 aromatic carbocycles. The minimum Gasteiger partial charge on any atom is -0.478 e. The van der Waals surface area contributed by atoms with E-state index in [1.54, 1.807) is 30.3 Å². The van der Waals surface area contributed by atoms with Crippen LogP contribution >= 0.6 is 27.5 Å². The Morgan fingerprint density at radius 2 is 1.85 bits per heavy atom. The van der Waals surface area contributed by atoms with E-state index in [1.165, 1.54) is 0 Å². The number of carboxylic acid groups (broad SMARTS) is 1. The van der Waals surface area contributed by atoms with Gasteiger partial charge in [-0.15, -0.1) is 0 Å². The van der Waals surface area contributed by atoms with Crippen LogP contribution in [0.2, 0.25) is 5.02 Å². The maximum atomic E-state index is 11.3. The van der Waals surface area contributed by atoms with Gasteiger partial charge >= 0.3 is 5.97 Å². The van der Waals surface area contributed by atoms with Crippen LogP contribution < -0.4 is 4.74 Å². The number of ether oxygens (including phenoxy) is 1. The standard InChI is InChI=1S/C15H12BrClO3/c1-8-6-10(7-9(2)14(8)17)20-12-5-3-4-11(16)13(12)15(18)19/h3-7H,1-2H3,(H,18,19). The Hall–Kier alpha value is -1.52. The van der Waals surface area contributed by atoms with Gasteiger partial charge in [-0.3, -0.25) is 0 Å². The Labute approximate surface area is 130 Å². The number of aromatic carboxylic acids is 1. The topological polar surface area (TPSA) is 46.5 Å². The summed E-state index contributed by atoms with van der Waals surface area (Å²) < 4.78 is 6.18. The minimum atomic E-state index is -1.05. The minimum absolute atomic E-state index is 0.0951. The van der Waals surface area contributed by atoms with Gasteiger partial charge in [0.2, 0.25) is 0 Å². The first kappa shape index (κ1) is 14.9. The monoisotopic (exact) mass is 354 g/mol. The van der Waals surface area contributed by atoms with Gasteiger partial charge in [-0.25, -0.2) is 4.79 Å². The van der Waals surface area contributed by atoms with Crippen molar-refractivity contribution in [2.75, 3.05) is 0 Å². The van der Waals surface area contributed by atoms with Crippen molar-refractivity contribution < 1.29 is 14.6 Å². The quantitative estimate of drug-likeness (QED) is 0.822. The van der Waals surface area contributed by atoms with E-state index in [-0.39, 0.29) is 11.3 Å². The van der Waals surface area contributed by atoms with E-state index in [0.29, 0.717) is 15.2 Å². The van der Waals surface area contributed by atoms with Crippen LogP contribution in [0, 0.1) is 13.8 Å². The summed E-state index contributed by atoms with van der Waals surface area (Å²) in [4.78, 5) is 11.3. The van der Waals surface area contributed by atoms with Crippen molar-refractivity contribution >= 4 is 33.5 Å². The van der Waals surface area contributed by atoms with Crippen LogP contribution in [0.5, 0.6) is 11.5 Å². The van der Waals surface area contributed by atoms with Crippen LogP contribution in [-0.4, -0.2) is 11.1 Å². The van der Waals surface area contributed by atoms with E-state index < -0.39 is 5.97 Å². The molecule has 0 aliphatic rings. The van der Waals surface area contributed by atoms with E-state index in [4.69, 9.17) is 16.3 Å². The van der Waals surface area contributed by atoms with Crippen molar-refractivity contribution in [2.45, 2.75) is 13.8 Å². The summed E-state index contributed by atoms with van der Waals surface area (Å²) in [6.45, 7) is 3.75. The number of hydrogen-bond acceptors (Lipinski definition) is 2. The van der Waals surface area contributed by atoms with E-state index >= 15 is 0 Å². The third kappa shape index (κ3) is 2.97. The molecular weight excluding hydrogens is 344 g/mol. The molecule has 0 bridgehead atoms. The molecule has 5 heteroatoms. The van der Waals surface area contributed by atoms with Gasteiger partial charge in [0, 0.05) is 9.50 Å². The van der Waals surface area contributed by atoms with E-state index in [2.05, 4.69) is 15.9 Å². The zero-order valence-electron chi connectivity index (χ0n) is 10.9. The lowest BCUT2D eigenvalue weighted by Gasteiger charge is -2.12. The van der Waals surface area contributed by atoms with Gasteiger partial charge in [0.25, 0.3) is 0 Å². The van der Waals surface area contributed by atoms with Crippen LogP contribution in [0.4, 0.5) is 0 Å². The maximum Gasteiger partial charge on any atom is 0.340 e. The Kier molecular flexibility index (Phi) is 4.35. The van der Waals surface area contributed by atoms with Gasteiger partial charge in [0.05, 0.1) is 0 Å². The molecule has 0 unspecified atom stereocenters. The molecule has 3 nitrogen and oxygen atoms in total. The molecule has 0 aliphatic carbocycles. The van der Waals surface area contributed by atoms with Crippen molar-refractivity contribution in [1.82, 2.24) is 0 Å². The summed E-state index contributed by atoms with van der Waals surface area (Å²) in [5, 5.41) is 9.93. The first-order valence-electron chi connectivity index (χ1n) is 5.86. The molecule has 0 heterocycles. The van der Waals surface area contributed by atoms with Crippen molar-refractivity contribution in [2.24, 2.45) is 0 Å². The summed E-state index contributed by atoms with van der Waals surface area (Å²) in [5.41, 5.74) is 1.86. The molecule has 0 aliphatic heterocycles. The second-order valence-electron chi connectivity index (χ2n) is 4.39. The zero-order valence-corrected chi connectivity index (χ0v) is 13.2. The largest absolute Gasteiger partial charge is 0.478 e. The van der Waals surface area contributed by atoms with Gasteiger partial charge in [-0.2, -0.15) is 0 Å². The number of hydrogen-bond donors (Lipinski definition) is 1. The summed E-state index contributed by atoms with van der Waals surface area (Å²) in [7, 11) is 0. The van der Waals surface area contributed by atoms with Gasteiger partial charge in [-0.1, -0.05) is 17.7 Å². The third-order valence-electron chi connectivity index (χ3n) is 2.83. The zero-order chi connectivity index (χ0) is 14.9. The average molecular weight is 356 g/mol. The summed E-state index contributed by atoms with van der Waals surface area (Å²) in [6, 6.07) is 8.56. The number of rotatable bonds is 3. The fourth-order valence-electron chi connectivity index (χ4n) is 1.89. The molecule has 0 spiro atoms. The molecule has 0 aromatic heterocycles. The highest BCUT2D eigenvalue weighted by Gasteiger charge is 2.16. The van der Waals surface area contributed by atoms with Gasteiger partial charge < -0.3 is 9.84 Å². The Morgan fingerprint density at radius 3 is 2.40 bits per heavy atom. The van der Waals surface area contributed by atoms with Crippen LogP contribution in [0.25, 0.3) is 0 Å². The second-order valence-corrected chi connectivity index (χ2v) is 5.62. The second kappa shape index (κ2) is 5.85. The molecular formula is C15H12BrClO3. The normalized spacial score (nSPS) is 10.4. The molecule has 2 aromatic rings. The summed E-state index contributed by atoms with van der Waals surface area (Å²) >= 11 is 9.32. The Bertz CT molecular complexity index is 660. The molecule has 104 valence electrons. The fraction of sp³-hybridized carbons (Fsp3) is 0.133. The van der Waals surface area contributed by atoms with Crippen LogP contribution in [-0.2, 0) is 0 Å². The SMILES string of the molecule is Cc1cc(Oc2cccc(Br)c2C(=O)O)cc(C)c1Cl. The van der Waals surface area contributed by atoms with Crippen LogP contribution in [0.3, 0.4) is 0 Å². The molecule has 0 saturated carbocycles. The lowest BCUT2D eigenvalue weighted by molar-refractivity contribution is 0.0693. The highest BCUT2D eigenvalue weighted by atomic mass is 79.9. The van der Waals surface area contributed by atoms with E-state index in [9.17, 15) is 9.90 Å². The van der Waals surface area contributed by atoms with Gasteiger partial charge in [-0.05, 0) is 65.2 Å². The maximum absolute atomic E-state index is 11.3. The molecule has 0 atom stereocenters. The van der Waals surface area contributed by atoms with Crippen molar-refractivity contribution in [1.29, 1.82) is 0 Å². The number of carbonyl (C=O) groups is 1. The molecule has 0 fully saturated rings. The van der Waals surface area contributed by atoms with Crippen molar-refractivity contribution in [3.8, 4) is 11.5 Å².